The van der Waals surface area contributed by atoms with Crippen LogP contribution in [0.2, 0.25) is 0 Å². The second-order valence-electron chi connectivity index (χ2n) is 3.81. The maximum atomic E-state index is 4.62. The first-order valence-electron chi connectivity index (χ1n) is 5.12. The van der Waals surface area contributed by atoms with Crippen molar-refractivity contribution in [3.05, 3.63) is 27.9 Å². The molecule has 2 aromatic heterocycles. The molecule has 0 aromatic carbocycles. The van der Waals surface area contributed by atoms with Gasteiger partial charge in [0.2, 0.25) is 0 Å². The van der Waals surface area contributed by atoms with Crippen molar-refractivity contribution in [2.24, 2.45) is 0 Å². The quantitative estimate of drug-likeness (QED) is 0.882. The van der Waals surface area contributed by atoms with Crippen LogP contribution in [-0.4, -0.2) is 11.0 Å². The number of rotatable bonds is 4. The maximum Gasteiger partial charge on any atom is 0.124 e. The van der Waals surface area contributed by atoms with Gasteiger partial charge >= 0.3 is 0 Å². The van der Waals surface area contributed by atoms with E-state index in [0.717, 1.165) is 17.6 Å². The number of thiazole rings is 1. The molecule has 1 fully saturated rings. The summed E-state index contributed by atoms with van der Waals surface area (Å²) in [6.07, 6.45) is 2.67. The molecule has 78 valence electrons. The number of nitrogens with zero attached hydrogens (tertiary/aromatic N) is 1. The van der Waals surface area contributed by atoms with Crippen LogP contribution < -0.4 is 5.32 Å². The first-order chi connectivity index (χ1) is 7.42. The van der Waals surface area contributed by atoms with Gasteiger partial charge < -0.3 is 5.32 Å². The fourth-order valence-corrected chi connectivity index (χ4v) is 2.98. The third kappa shape index (κ3) is 2.27. The van der Waals surface area contributed by atoms with E-state index in [1.54, 1.807) is 22.7 Å². The Morgan fingerprint density at radius 2 is 2.33 bits per heavy atom. The van der Waals surface area contributed by atoms with Crippen molar-refractivity contribution in [3.8, 4) is 10.6 Å². The largest absolute Gasteiger partial charge is 0.308 e. The molecule has 0 spiro atoms. The predicted octanol–water partition coefficient (Wildman–Crippen LogP) is 3.12. The van der Waals surface area contributed by atoms with Crippen LogP contribution in [0.4, 0.5) is 0 Å². The molecule has 0 radical (unpaired) electrons. The molecular formula is C11H12N2S2. The van der Waals surface area contributed by atoms with E-state index in [2.05, 4.69) is 32.5 Å². The molecule has 0 saturated heterocycles. The highest BCUT2D eigenvalue weighted by atomic mass is 32.1. The summed E-state index contributed by atoms with van der Waals surface area (Å²) < 4.78 is 0. The van der Waals surface area contributed by atoms with Gasteiger partial charge in [0, 0.05) is 28.9 Å². The Labute approximate surface area is 97.0 Å². The molecule has 2 aromatic rings. The zero-order chi connectivity index (χ0) is 10.1. The van der Waals surface area contributed by atoms with E-state index in [1.165, 1.54) is 24.1 Å². The van der Waals surface area contributed by atoms with Gasteiger partial charge in [-0.3, -0.25) is 0 Å². The Balaban J connectivity index is 1.69. The van der Waals surface area contributed by atoms with Crippen LogP contribution in [0, 0.1) is 0 Å². The average molecular weight is 236 g/mol. The minimum absolute atomic E-state index is 0.760. The second kappa shape index (κ2) is 4.04. The Morgan fingerprint density at radius 1 is 1.40 bits per heavy atom. The highest BCUT2D eigenvalue weighted by molar-refractivity contribution is 7.14. The lowest BCUT2D eigenvalue weighted by atomic mass is 10.3. The average Bonchev–Trinajstić information content (AvgIpc) is 2.78. The first-order valence-corrected chi connectivity index (χ1v) is 6.94. The summed E-state index contributed by atoms with van der Waals surface area (Å²) in [6, 6.07) is 2.89. The van der Waals surface area contributed by atoms with Crippen molar-refractivity contribution in [3.63, 3.8) is 0 Å². The molecule has 0 amide bonds. The minimum Gasteiger partial charge on any atom is -0.308 e. The summed E-state index contributed by atoms with van der Waals surface area (Å²) in [5.41, 5.74) is 2.43. The zero-order valence-electron chi connectivity index (χ0n) is 8.27. The van der Waals surface area contributed by atoms with Crippen LogP contribution in [0.5, 0.6) is 0 Å². The van der Waals surface area contributed by atoms with Crippen molar-refractivity contribution in [2.45, 2.75) is 25.4 Å². The van der Waals surface area contributed by atoms with E-state index in [-0.39, 0.29) is 0 Å². The Bertz CT molecular complexity index is 429. The molecule has 3 rings (SSSR count). The van der Waals surface area contributed by atoms with E-state index < -0.39 is 0 Å². The molecule has 1 aliphatic rings. The van der Waals surface area contributed by atoms with Crippen LogP contribution in [0.25, 0.3) is 10.6 Å². The monoisotopic (exact) mass is 236 g/mol. The van der Waals surface area contributed by atoms with Crippen LogP contribution in [-0.2, 0) is 6.54 Å². The van der Waals surface area contributed by atoms with Gasteiger partial charge in [0.05, 0.1) is 5.69 Å². The molecular weight excluding hydrogens is 224 g/mol. The van der Waals surface area contributed by atoms with Crippen molar-refractivity contribution in [1.29, 1.82) is 0 Å². The van der Waals surface area contributed by atoms with E-state index in [4.69, 9.17) is 0 Å². The van der Waals surface area contributed by atoms with Crippen molar-refractivity contribution < 1.29 is 0 Å². The summed E-state index contributed by atoms with van der Waals surface area (Å²) in [4.78, 5) is 4.62. The lowest BCUT2D eigenvalue weighted by Crippen LogP contribution is -2.15. The Kier molecular flexibility index (Phi) is 2.56. The van der Waals surface area contributed by atoms with Gasteiger partial charge in [-0.2, -0.15) is 11.3 Å². The van der Waals surface area contributed by atoms with Crippen LogP contribution >= 0.6 is 22.7 Å². The molecule has 1 saturated carbocycles. The molecule has 0 atom stereocenters. The van der Waals surface area contributed by atoms with E-state index in [9.17, 15) is 0 Å². The van der Waals surface area contributed by atoms with Crippen LogP contribution in [0.15, 0.2) is 22.2 Å². The fraction of sp³-hybridized carbons (Fsp3) is 0.364. The topological polar surface area (TPSA) is 24.9 Å². The van der Waals surface area contributed by atoms with Gasteiger partial charge in [-0.25, -0.2) is 4.98 Å². The zero-order valence-corrected chi connectivity index (χ0v) is 9.90. The molecule has 2 nitrogen and oxygen atoms in total. The SMILES string of the molecule is c1cc(-c2nc(CNC3CC3)cs2)cs1. The molecule has 0 bridgehead atoms. The second-order valence-corrected chi connectivity index (χ2v) is 5.45. The van der Waals surface area contributed by atoms with Gasteiger partial charge in [-0.05, 0) is 24.3 Å². The van der Waals surface area contributed by atoms with Crippen LogP contribution in [0.1, 0.15) is 18.5 Å². The Morgan fingerprint density at radius 3 is 3.07 bits per heavy atom. The molecule has 15 heavy (non-hydrogen) atoms. The van der Waals surface area contributed by atoms with E-state index >= 15 is 0 Å². The molecule has 0 unspecified atom stereocenters. The van der Waals surface area contributed by atoms with Crippen molar-refractivity contribution in [2.75, 3.05) is 0 Å². The molecule has 4 heteroatoms. The predicted molar refractivity (Wildman–Crippen MR) is 65.3 cm³/mol. The van der Waals surface area contributed by atoms with Crippen molar-refractivity contribution in [1.82, 2.24) is 10.3 Å². The summed E-state index contributed by atoms with van der Waals surface area (Å²) in [5, 5.41) is 11.0. The van der Waals surface area contributed by atoms with Gasteiger partial charge in [0.15, 0.2) is 0 Å². The lowest BCUT2D eigenvalue weighted by Gasteiger charge is -1.97. The van der Waals surface area contributed by atoms with E-state index in [1.807, 2.05) is 0 Å². The molecule has 1 N–H and O–H groups in total. The van der Waals surface area contributed by atoms with E-state index in [0.29, 0.717) is 0 Å². The minimum atomic E-state index is 0.760. The number of aromatic nitrogens is 1. The highest BCUT2D eigenvalue weighted by Crippen LogP contribution is 2.26. The standard InChI is InChI=1S/C11H12N2S2/c1-2-9(1)12-5-10-7-15-11(13-10)8-3-4-14-6-8/h3-4,6-7,9,12H,1-2,5H2. The normalized spacial score (nSPS) is 15.7. The summed E-state index contributed by atoms with van der Waals surface area (Å²) in [5.74, 6) is 0. The first kappa shape index (κ1) is 9.51. The van der Waals surface area contributed by atoms with Crippen LogP contribution in [0.3, 0.4) is 0 Å². The number of nitrogens with one attached hydrogen (secondary N) is 1. The Hall–Kier alpha value is -0.710. The van der Waals surface area contributed by atoms with Crippen molar-refractivity contribution >= 4 is 22.7 Å². The molecule has 0 aliphatic heterocycles. The summed E-state index contributed by atoms with van der Waals surface area (Å²) in [7, 11) is 0. The fourth-order valence-electron chi connectivity index (χ4n) is 1.44. The number of thiophene rings is 1. The third-order valence-electron chi connectivity index (χ3n) is 2.47. The van der Waals surface area contributed by atoms with Gasteiger partial charge in [0.25, 0.3) is 0 Å². The maximum absolute atomic E-state index is 4.62. The van der Waals surface area contributed by atoms with Gasteiger partial charge in [-0.15, -0.1) is 11.3 Å². The summed E-state index contributed by atoms with van der Waals surface area (Å²) >= 11 is 3.46. The molecule has 2 heterocycles. The lowest BCUT2D eigenvalue weighted by molar-refractivity contribution is 0.678. The van der Waals surface area contributed by atoms with Gasteiger partial charge in [0.1, 0.15) is 5.01 Å². The summed E-state index contributed by atoms with van der Waals surface area (Å²) in [6.45, 7) is 0.922. The van der Waals surface area contributed by atoms with Gasteiger partial charge in [-0.1, -0.05) is 0 Å². The molecule has 1 aliphatic carbocycles. The highest BCUT2D eigenvalue weighted by Gasteiger charge is 2.20. The smallest absolute Gasteiger partial charge is 0.124 e. The number of hydrogen-bond donors (Lipinski definition) is 1. The third-order valence-corrected chi connectivity index (χ3v) is 4.09. The number of hydrogen-bond acceptors (Lipinski definition) is 4.